The maximum atomic E-state index is 13.5. The van der Waals surface area contributed by atoms with Crippen LogP contribution in [0.1, 0.15) is 29.1 Å². The zero-order valence-corrected chi connectivity index (χ0v) is 19.2. The lowest BCUT2D eigenvalue weighted by molar-refractivity contribution is 0.0934. The van der Waals surface area contributed by atoms with Crippen molar-refractivity contribution in [2.24, 2.45) is 0 Å². The minimum Gasteiger partial charge on any atom is -0.382 e. The minimum atomic E-state index is -0.587. The van der Waals surface area contributed by atoms with Crippen LogP contribution in [0.15, 0.2) is 64.0 Å². The quantitative estimate of drug-likeness (QED) is 0.380. The number of nitrogens with two attached hydrogens (primary N) is 2. The molecule has 4 aromatic rings. The summed E-state index contributed by atoms with van der Waals surface area (Å²) in [6.07, 6.45) is 0. The summed E-state index contributed by atoms with van der Waals surface area (Å²) in [4.78, 5) is 34.4. The predicted molar refractivity (Wildman–Crippen MR) is 129 cm³/mol. The van der Waals surface area contributed by atoms with Crippen LogP contribution in [0.5, 0.6) is 0 Å². The number of hydrogen-bond acceptors (Lipinski definition) is 6. The summed E-state index contributed by atoms with van der Waals surface area (Å²) in [6.45, 7) is 1.76. The van der Waals surface area contributed by atoms with Crippen LogP contribution in [0.25, 0.3) is 16.5 Å². The van der Waals surface area contributed by atoms with Crippen LogP contribution in [0, 0.1) is 0 Å². The van der Waals surface area contributed by atoms with E-state index in [1.165, 1.54) is 4.57 Å². The van der Waals surface area contributed by atoms with E-state index in [1.54, 1.807) is 25.1 Å². The number of aromatic nitrogens is 3. The Labute approximate surface area is 196 Å². The largest absolute Gasteiger partial charge is 0.382 e. The van der Waals surface area contributed by atoms with Crippen LogP contribution in [0.3, 0.4) is 0 Å². The van der Waals surface area contributed by atoms with Gasteiger partial charge in [0.05, 0.1) is 16.5 Å². The van der Waals surface area contributed by atoms with Crippen molar-refractivity contribution >= 4 is 55.8 Å². The standard InChI is InChI=1S/C22H18BrClN6O2/c1-11(27-21(31)17-19(25)29-20(26)18(23)28-17)15-10-12-6-5-9-14(24)16(12)22(32)30(15)13-7-3-2-4-8-13/h2-11H,1H3,(H,27,31)(H4,25,26,29). The van der Waals surface area contributed by atoms with E-state index < -0.39 is 11.9 Å². The first-order chi connectivity index (χ1) is 15.3. The Hall–Kier alpha value is -3.43. The fraction of sp³-hybridized carbons (Fsp3) is 0.0909. The predicted octanol–water partition coefficient (Wildman–Crippen LogP) is 3.85. The van der Waals surface area contributed by atoms with Crippen LogP contribution in [0.2, 0.25) is 5.02 Å². The Morgan fingerprint density at radius 1 is 1.09 bits per heavy atom. The lowest BCUT2D eigenvalue weighted by Gasteiger charge is -2.21. The molecule has 1 atom stereocenters. The molecule has 0 spiro atoms. The topological polar surface area (TPSA) is 129 Å². The molecule has 0 aliphatic carbocycles. The summed E-state index contributed by atoms with van der Waals surface area (Å²) in [6, 6.07) is 15.6. The van der Waals surface area contributed by atoms with Gasteiger partial charge in [0.1, 0.15) is 4.60 Å². The van der Waals surface area contributed by atoms with Crippen LogP contribution in [0.4, 0.5) is 11.6 Å². The maximum absolute atomic E-state index is 13.5. The van der Waals surface area contributed by atoms with E-state index in [-0.39, 0.29) is 27.5 Å². The third-order valence-corrected chi connectivity index (χ3v) is 5.85. The monoisotopic (exact) mass is 512 g/mol. The van der Waals surface area contributed by atoms with Gasteiger partial charge in [-0.3, -0.25) is 14.2 Å². The van der Waals surface area contributed by atoms with E-state index in [0.717, 1.165) is 0 Å². The van der Waals surface area contributed by atoms with Crippen molar-refractivity contribution in [3.05, 3.63) is 86.0 Å². The number of carbonyl (C=O) groups is 1. The van der Waals surface area contributed by atoms with Gasteiger partial charge in [-0.25, -0.2) is 9.97 Å². The number of carbonyl (C=O) groups excluding carboxylic acids is 1. The summed E-state index contributed by atoms with van der Waals surface area (Å²) in [5, 5.41) is 4.27. The normalized spacial score (nSPS) is 12.0. The molecule has 0 aliphatic heterocycles. The van der Waals surface area contributed by atoms with Crippen LogP contribution in [-0.4, -0.2) is 20.4 Å². The number of para-hydroxylation sites is 1. The van der Waals surface area contributed by atoms with Crippen molar-refractivity contribution in [3.8, 4) is 5.69 Å². The minimum absolute atomic E-state index is 0.0737. The summed E-state index contributed by atoms with van der Waals surface area (Å²) >= 11 is 9.49. The number of hydrogen-bond donors (Lipinski definition) is 3. The van der Waals surface area contributed by atoms with Gasteiger partial charge in [-0.15, -0.1) is 0 Å². The molecule has 10 heteroatoms. The second-order valence-electron chi connectivity index (χ2n) is 7.08. The molecule has 8 nitrogen and oxygen atoms in total. The van der Waals surface area contributed by atoms with Crippen molar-refractivity contribution in [3.63, 3.8) is 0 Å². The van der Waals surface area contributed by atoms with E-state index >= 15 is 0 Å². The van der Waals surface area contributed by atoms with Crippen LogP contribution < -0.4 is 22.3 Å². The molecule has 2 aromatic heterocycles. The number of benzene rings is 2. The zero-order chi connectivity index (χ0) is 23.0. The van der Waals surface area contributed by atoms with Crippen molar-refractivity contribution in [2.75, 3.05) is 11.5 Å². The highest BCUT2D eigenvalue weighted by atomic mass is 79.9. The van der Waals surface area contributed by atoms with Gasteiger partial charge in [0.2, 0.25) is 0 Å². The Bertz CT molecular complexity index is 1410. The van der Waals surface area contributed by atoms with Crippen molar-refractivity contribution in [1.82, 2.24) is 19.9 Å². The summed E-state index contributed by atoms with van der Waals surface area (Å²) < 4.78 is 1.75. The van der Waals surface area contributed by atoms with E-state index in [4.69, 9.17) is 23.1 Å². The highest BCUT2D eigenvalue weighted by Gasteiger charge is 2.22. The average molecular weight is 514 g/mol. The van der Waals surface area contributed by atoms with E-state index in [2.05, 4.69) is 31.2 Å². The van der Waals surface area contributed by atoms with Crippen molar-refractivity contribution < 1.29 is 4.79 Å². The molecule has 0 radical (unpaired) electrons. The molecule has 5 N–H and O–H groups in total. The lowest BCUT2D eigenvalue weighted by Crippen LogP contribution is -2.33. The van der Waals surface area contributed by atoms with Gasteiger partial charge in [-0.2, -0.15) is 0 Å². The summed E-state index contributed by atoms with van der Waals surface area (Å²) in [5.41, 5.74) is 12.3. The molecule has 0 saturated heterocycles. The van der Waals surface area contributed by atoms with Crippen molar-refractivity contribution in [2.45, 2.75) is 13.0 Å². The van der Waals surface area contributed by atoms with Crippen LogP contribution >= 0.6 is 27.5 Å². The fourth-order valence-corrected chi connectivity index (χ4v) is 3.98. The van der Waals surface area contributed by atoms with Gasteiger partial charge in [0.25, 0.3) is 11.5 Å². The first-order valence-electron chi connectivity index (χ1n) is 9.57. The number of nitrogens with zero attached hydrogens (tertiary/aromatic N) is 3. The molecule has 0 bridgehead atoms. The Morgan fingerprint density at radius 2 is 1.81 bits per heavy atom. The molecular formula is C22H18BrClN6O2. The third kappa shape index (κ3) is 3.92. The zero-order valence-electron chi connectivity index (χ0n) is 16.8. The smallest absolute Gasteiger partial charge is 0.274 e. The number of amides is 1. The van der Waals surface area contributed by atoms with Gasteiger partial charge in [-0.1, -0.05) is 41.9 Å². The highest BCUT2D eigenvalue weighted by molar-refractivity contribution is 9.10. The van der Waals surface area contributed by atoms with Gasteiger partial charge in [0.15, 0.2) is 17.3 Å². The molecule has 1 amide bonds. The van der Waals surface area contributed by atoms with Gasteiger partial charge in [0, 0.05) is 11.4 Å². The molecule has 0 aliphatic rings. The molecule has 32 heavy (non-hydrogen) atoms. The molecule has 2 aromatic carbocycles. The number of fused-ring (bicyclic) bond motifs is 1. The van der Waals surface area contributed by atoms with E-state index in [0.29, 0.717) is 27.2 Å². The molecule has 1 unspecified atom stereocenters. The number of anilines is 2. The SMILES string of the molecule is CC(NC(=O)c1nc(Br)c(N)nc1N)c1cc2cccc(Cl)c2c(=O)n1-c1ccccc1. The number of pyridine rings is 1. The number of nitrogens with one attached hydrogen (secondary N) is 1. The molecule has 0 fully saturated rings. The number of nitrogen functional groups attached to an aromatic ring is 2. The number of rotatable bonds is 4. The van der Waals surface area contributed by atoms with E-state index in [1.807, 2.05) is 36.4 Å². The molecule has 2 heterocycles. The first-order valence-corrected chi connectivity index (χ1v) is 10.7. The van der Waals surface area contributed by atoms with Gasteiger partial charge >= 0.3 is 0 Å². The van der Waals surface area contributed by atoms with Crippen molar-refractivity contribution in [1.29, 1.82) is 0 Å². The van der Waals surface area contributed by atoms with Gasteiger partial charge < -0.3 is 16.8 Å². The third-order valence-electron chi connectivity index (χ3n) is 4.95. The Kier molecular flexibility index (Phi) is 5.86. The molecule has 4 rings (SSSR count). The Morgan fingerprint density at radius 3 is 2.53 bits per heavy atom. The lowest BCUT2D eigenvalue weighted by atomic mass is 10.1. The molecule has 162 valence electrons. The Balaban J connectivity index is 1.84. The second-order valence-corrected chi connectivity index (χ2v) is 8.24. The summed E-state index contributed by atoms with van der Waals surface area (Å²) in [7, 11) is 0. The average Bonchev–Trinajstić information content (AvgIpc) is 2.76. The fourth-order valence-electron chi connectivity index (χ4n) is 3.45. The first kappa shape index (κ1) is 21.8. The maximum Gasteiger partial charge on any atom is 0.274 e. The van der Waals surface area contributed by atoms with Gasteiger partial charge in [-0.05, 0) is 52.5 Å². The number of halogens is 2. The highest BCUT2D eigenvalue weighted by Crippen LogP contribution is 2.26. The van der Waals surface area contributed by atoms with E-state index in [9.17, 15) is 9.59 Å². The summed E-state index contributed by atoms with van der Waals surface area (Å²) in [5.74, 6) is -0.570. The molecule has 0 saturated carbocycles. The van der Waals surface area contributed by atoms with Crippen LogP contribution in [-0.2, 0) is 0 Å². The second kappa shape index (κ2) is 8.60. The molecular weight excluding hydrogens is 496 g/mol.